The van der Waals surface area contributed by atoms with Crippen LogP contribution >= 0.6 is 0 Å². The summed E-state index contributed by atoms with van der Waals surface area (Å²) >= 11 is 0. The molecule has 0 radical (unpaired) electrons. The molecule has 1 aromatic heterocycles. The van der Waals surface area contributed by atoms with Crippen LogP contribution in [0.5, 0.6) is 0 Å². The molecule has 0 fully saturated rings. The molecule has 0 amide bonds. The SMILES string of the molecule is CCn1[c-][n+](CCCO)cc1. The van der Waals surface area contributed by atoms with Gasteiger partial charge >= 0.3 is 0 Å². The third-order valence-corrected chi connectivity index (χ3v) is 1.58. The fraction of sp³-hybridized carbons (Fsp3) is 0.625. The molecule has 1 aromatic rings. The van der Waals surface area contributed by atoms with Gasteiger partial charge in [-0.1, -0.05) is 0 Å². The molecule has 0 spiro atoms. The van der Waals surface area contributed by atoms with Gasteiger partial charge in [0.15, 0.2) is 0 Å². The molecule has 0 atom stereocenters. The van der Waals surface area contributed by atoms with E-state index in [1.807, 2.05) is 21.5 Å². The van der Waals surface area contributed by atoms with E-state index in [1.54, 1.807) is 0 Å². The van der Waals surface area contributed by atoms with Crippen molar-refractivity contribution in [2.24, 2.45) is 0 Å². The Morgan fingerprint density at radius 1 is 1.64 bits per heavy atom. The van der Waals surface area contributed by atoms with Crippen LogP contribution in [0.15, 0.2) is 12.4 Å². The normalized spacial score (nSPS) is 10.4. The Balaban J connectivity index is 2.44. The summed E-state index contributed by atoms with van der Waals surface area (Å²) in [6.45, 7) is 4.13. The molecule has 0 aliphatic heterocycles. The van der Waals surface area contributed by atoms with E-state index >= 15 is 0 Å². The van der Waals surface area contributed by atoms with E-state index in [0.717, 1.165) is 19.5 Å². The number of nitrogens with zero attached hydrogens (tertiary/aromatic N) is 2. The Morgan fingerprint density at radius 3 is 3.00 bits per heavy atom. The van der Waals surface area contributed by atoms with E-state index in [4.69, 9.17) is 5.11 Å². The van der Waals surface area contributed by atoms with Gasteiger partial charge in [-0.2, -0.15) is 0 Å². The first kappa shape index (κ1) is 8.27. The van der Waals surface area contributed by atoms with E-state index in [0.29, 0.717) is 0 Å². The summed E-state index contributed by atoms with van der Waals surface area (Å²) in [6, 6.07) is 0. The first-order valence-corrected chi connectivity index (χ1v) is 3.95. The van der Waals surface area contributed by atoms with Gasteiger partial charge in [0, 0.05) is 13.0 Å². The highest BCUT2D eigenvalue weighted by molar-refractivity contribution is 4.62. The lowest BCUT2D eigenvalue weighted by Gasteiger charge is -1.96. The predicted octanol–water partition coefficient (Wildman–Crippen LogP) is -0.0219. The van der Waals surface area contributed by atoms with Crippen LogP contribution in [0.4, 0.5) is 0 Å². The minimum absolute atomic E-state index is 0.248. The number of aromatic nitrogens is 2. The van der Waals surface area contributed by atoms with Gasteiger partial charge in [-0.15, -0.1) is 0 Å². The zero-order valence-electron chi connectivity index (χ0n) is 6.82. The van der Waals surface area contributed by atoms with Crippen LogP contribution in [-0.4, -0.2) is 16.3 Å². The van der Waals surface area contributed by atoms with Crippen LogP contribution in [0.3, 0.4) is 0 Å². The molecule has 0 saturated carbocycles. The molecule has 11 heavy (non-hydrogen) atoms. The number of rotatable bonds is 4. The van der Waals surface area contributed by atoms with Crippen LogP contribution in [0.25, 0.3) is 0 Å². The summed E-state index contributed by atoms with van der Waals surface area (Å²) in [5.41, 5.74) is 0. The average Bonchev–Trinajstić information content (AvgIpc) is 2.48. The number of hydrogen-bond donors (Lipinski definition) is 1. The average molecular weight is 154 g/mol. The maximum absolute atomic E-state index is 8.56. The molecule has 1 N–H and O–H groups in total. The molecule has 1 rings (SSSR count). The van der Waals surface area contributed by atoms with Crippen LogP contribution in [0.2, 0.25) is 0 Å². The Hall–Kier alpha value is -0.830. The lowest BCUT2D eigenvalue weighted by Crippen LogP contribution is -2.32. The van der Waals surface area contributed by atoms with Crippen LogP contribution in [0.1, 0.15) is 13.3 Å². The van der Waals surface area contributed by atoms with Crippen LogP contribution in [0, 0.1) is 6.33 Å². The van der Waals surface area contributed by atoms with Gasteiger partial charge in [0.25, 0.3) is 0 Å². The van der Waals surface area contributed by atoms with Crippen molar-refractivity contribution in [1.82, 2.24) is 4.57 Å². The predicted molar refractivity (Wildman–Crippen MR) is 40.8 cm³/mol. The summed E-state index contributed by atoms with van der Waals surface area (Å²) in [5, 5.41) is 8.56. The number of hydrogen-bond acceptors (Lipinski definition) is 1. The fourth-order valence-electron chi connectivity index (χ4n) is 0.934. The highest BCUT2D eigenvalue weighted by Gasteiger charge is 1.92. The standard InChI is InChI=1S/C8H14N2O/c1-2-9-5-6-10(8-9)4-3-7-11/h5-6,11H,2-4,7H2,1H3. The minimum Gasteiger partial charge on any atom is -0.396 e. The lowest BCUT2D eigenvalue weighted by molar-refractivity contribution is -0.701. The first-order valence-electron chi connectivity index (χ1n) is 3.95. The second kappa shape index (κ2) is 4.13. The van der Waals surface area contributed by atoms with Crippen molar-refractivity contribution >= 4 is 0 Å². The van der Waals surface area contributed by atoms with Crippen LogP contribution < -0.4 is 4.57 Å². The maximum atomic E-state index is 8.56. The van der Waals surface area contributed by atoms with E-state index in [9.17, 15) is 0 Å². The van der Waals surface area contributed by atoms with E-state index in [1.165, 1.54) is 0 Å². The molecule has 1 heterocycles. The van der Waals surface area contributed by atoms with Gasteiger partial charge < -0.3 is 14.2 Å². The lowest BCUT2D eigenvalue weighted by atomic mass is 10.4. The molecule has 0 unspecified atom stereocenters. The van der Waals surface area contributed by atoms with Crippen molar-refractivity contribution in [1.29, 1.82) is 0 Å². The van der Waals surface area contributed by atoms with E-state index < -0.39 is 0 Å². The fourth-order valence-corrected chi connectivity index (χ4v) is 0.934. The highest BCUT2D eigenvalue weighted by Crippen LogP contribution is 1.83. The van der Waals surface area contributed by atoms with Crippen LogP contribution in [-0.2, 0) is 13.1 Å². The topological polar surface area (TPSA) is 29.0 Å². The van der Waals surface area contributed by atoms with Gasteiger partial charge in [-0.05, 0) is 19.3 Å². The molecular formula is C8H14N2O. The Bertz CT molecular complexity index is 208. The second-order valence-electron chi connectivity index (χ2n) is 2.45. The summed E-state index contributed by atoms with van der Waals surface area (Å²) in [6.07, 6.45) is 7.88. The number of imidazole rings is 1. The Morgan fingerprint density at radius 2 is 2.45 bits per heavy atom. The van der Waals surface area contributed by atoms with Gasteiger partial charge in [-0.25, -0.2) is 0 Å². The van der Waals surface area contributed by atoms with Gasteiger partial charge in [0.1, 0.15) is 0 Å². The third-order valence-electron chi connectivity index (χ3n) is 1.58. The van der Waals surface area contributed by atoms with Gasteiger partial charge in [-0.3, -0.25) is 0 Å². The molecule has 0 aliphatic rings. The van der Waals surface area contributed by atoms with Crippen molar-refractivity contribution in [3.8, 4) is 0 Å². The summed E-state index contributed by atoms with van der Waals surface area (Å²) in [5.74, 6) is 0. The second-order valence-corrected chi connectivity index (χ2v) is 2.45. The van der Waals surface area contributed by atoms with E-state index in [-0.39, 0.29) is 6.61 Å². The first-order chi connectivity index (χ1) is 5.36. The molecule has 0 aliphatic carbocycles. The largest absolute Gasteiger partial charge is 0.396 e. The minimum atomic E-state index is 0.248. The van der Waals surface area contributed by atoms with Gasteiger partial charge in [0.05, 0.1) is 13.1 Å². The van der Waals surface area contributed by atoms with Crippen molar-refractivity contribution in [3.05, 3.63) is 18.7 Å². The van der Waals surface area contributed by atoms with Gasteiger partial charge in [0.2, 0.25) is 6.33 Å². The summed E-state index contributed by atoms with van der Waals surface area (Å²) < 4.78 is 3.94. The zero-order valence-corrected chi connectivity index (χ0v) is 6.82. The molecule has 3 nitrogen and oxygen atoms in total. The number of aliphatic hydroxyl groups excluding tert-OH is 1. The molecule has 0 bridgehead atoms. The van der Waals surface area contributed by atoms with Crippen molar-refractivity contribution < 1.29 is 9.67 Å². The quantitative estimate of drug-likeness (QED) is 0.479. The molecule has 62 valence electrons. The molecule has 0 saturated heterocycles. The molecule has 0 aromatic carbocycles. The number of aryl methyl sites for hydroxylation is 2. The Labute approximate surface area is 66.9 Å². The monoisotopic (exact) mass is 154 g/mol. The van der Waals surface area contributed by atoms with Crippen molar-refractivity contribution in [3.63, 3.8) is 0 Å². The highest BCUT2D eigenvalue weighted by atomic mass is 16.3. The third kappa shape index (κ3) is 2.35. The van der Waals surface area contributed by atoms with Crippen molar-refractivity contribution in [2.75, 3.05) is 6.61 Å². The zero-order chi connectivity index (χ0) is 8.10. The number of aliphatic hydroxyl groups is 1. The summed E-state index contributed by atoms with van der Waals surface area (Å²) in [7, 11) is 0. The van der Waals surface area contributed by atoms with E-state index in [2.05, 4.69) is 13.3 Å². The molecule has 3 heteroatoms. The summed E-state index contributed by atoms with van der Waals surface area (Å²) in [4.78, 5) is 0. The molecular weight excluding hydrogens is 140 g/mol. The Kier molecular flexibility index (Phi) is 3.11. The smallest absolute Gasteiger partial charge is 0.203 e. The maximum Gasteiger partial charge on any atom is 0.203 e. The van der Waals surface area contributed by atoms with Crippen molar-refractivity contribution in [2.45, 2.75) is 26.4 Å².